The Balaban J connectivity index is 1.79. The van der Waals surface area contributed by atoms with Crippen LogP contribution in [0.15, 0.2) is 36.4 Å². The van der Waals surface area contributed by atoms with Gasteiger partial charge in [0.15, 0.2) is 0 Å². The van der Waals surface area contributed by atoms with Crippen LogP contribution in [0.1, 0.15) is 21.5 Å². The van der Waals surface area contributed by atoms with Gasteiger partial charge in [-0.15, -0.1) is 0 Å². The number of nitrogens with zero attached hydrogens (tertiary/aromatic N) is 1. The minimum Gasteiger partial charge on any atom is -0.322 e. The van der Waals surface area contributed by atoms with Crippen molar-refractivity contribution in [3.63, 3.8) is 0 Å². The number of likely N-dealkylation sites (N-methyl/N-ethyl adjacent to an activating group) is 1. The maximum absolute atomic E-state index is 12.3. The number of rotatable bonds is 2. The lowest BCUT2D eigenvalue weighted by Crippen LogP contribution is -2.26. The molecule has 0 atom stereocenters. The maximum Gasteiger partial charge on any atom is 0.255 e. The van der Waals surface area contributed by atoms with Crippen molar-refractivity contribution in [2.45, 2.75) is 13.0 Å². The van der Waals surface area contributed by atoms with Gasteiger partial charge in [0.25, 0.3) is 5.91 Å². The standard InChI is InChI=1S/C17H16Cl2N2O/c1-21-7-6-11-2-4-14(8-13(11)10-21)20-17(22)12-3-5-15(18)16(19)9-12/h2-5,8-9H,6-7,10H2,1H3,(H,20,22). The number of nitrogens with one attached hydrogen (secondary N) is 1. The summed E-state index contributed by atoms with van der Waals surface area (Å²) in [7, 11) is 2.10. The summed E-state index contributed by atoms with van der Waals surface area (Å²) in [6, 6.07) is 10.9. The van der Waals surface area contributed by atoms with Crippen LogP contribution in [0, 0.1) is 0 Å². The van der Waals surface area contributed by atoms with Crippen LogP contribution in [-0.2, 0) is 13.0 Å². The smallest absolute Gasteiger partial charge is 0.255 e. The fraction of sp³-hybridized carbons (Fsp3) is 0.235. The van der Waals surface area contributed by atoms with Gasteiger partial charge in [-0.3, -0.25) is 4.79 Å². The first-order valence-corrected chi connectivity index (χ1v) is 7.85. The van der Waals surface area contributed by atoms with Crippen molar-refractivity contribution in [2.75, 3.05) is 18.9 Å². The zero-order valence-corrected chi connectivity index (χ0v) is 13.7. The molecule has 1 amide bonds. The number of halogens is 2. The van der Waals surface area contributed by atoms with E-state index in [-0.39, 0.29) is 5.91 Å². The summed E-state index contributed by atoms with van der Waals surface area (Å²) in [5, 5.41) is 3.73. The molecule has 0 unspecified atom stereocenters. The van der Waals surface area contributed by atoms with E-state index in [9.17, 15) is 4.79 Å². The van der Waals surface area contributed by atoms with Gasteiger partial charge in [0.1, 0.15) is 0 Å². The maximum atomic E-state index is 12.3. The molecular weight excluding hydrogens is 319 g/mol. The number of carbonyl (C=O) groups excluding carboxylic acids is 1. The van der Waals surface area contributed by atoms with Crippen LogP contribution in [0.5, 0.6) is 0 Å². The van der Waals surface area contributed by atoms with E-state index in [1.165, 1.54) is 11.1 Å². The Bertz CT molecular complexity index is 731. The third-order valence-corrected chi connectivity index (χ3v) is 4.59. The average Bonchev–Trinajstić information content (AvgIpc) is 2.49. The van der Waals surface area contributed by atoms with Crippen molar-refractivity contribution in [2.24, 2.45) is 0 Å². The van der Waals surface area contributed by atoms with Crippen LogP contribution in [0.3, 0.4) is 0 Å². The Kier molecular flexibility index (Phi) is 4.39. The van der Waals surface area contributed by atoms with E-state index in [0.717, 1.165) is 25.2 Å². The van der Waals surface area contributed by atoms with Gasteiger partial charge in [-0.2, -0.15) is 0 Å². The van der Waals surface area contributed by atoms with Gasteiger partial charge in [0, 0.05) is 24.3 Å². The Labute approximate surface area is 139 Å². The molecule has 114 valence electrons. The van der Waals surface area contributed by atoms with E-state index >= 15 is 0 Å². The molecule has 0 bridgehead atoms. The zero-order chi connectivity index (χ0) is 15.7. The SMILES string of the molecule is CN1CCc2ccc(NC(=O)c3ccc(Cl)c(Cl)c3)cc2C1. The molecule has 0 radical (unpaired) electrons. The van der Waals surface area contributed by atoms with Gasteiger partial charge in [-0.05, 0) is 54.9 Å². The van der Waals surface area contributed by atoms with E-state index in [1.54, 1.807) is 18.2 Å². The summed E-state index contributed by atoms with van der Waals surface area (Å²) >= 11 is 11.8. The lowest BCUT2D eigenvalue weighted by molar-refractivity contribution is 0.102. The highest BCUT2D eigenvalue weighted by atomic mass is 35.5. The molecule has 5 heteroatoms. The third kappa shape index (κ3) is 3.27. The summed E-state index contributed by atoms with van der Waals surface area (Å²) in [5.41, 5.74) is 3.90. The molecule has 0 saturated carbocycles. The Morgan fingerprint density at radius 1 is 1.09 bits per heavy atom. The number of amides is 1. The fourth-order valence-electron chi connectivity index (χ4n) is 2.62. The van der Waals surface area contributed by atoms with Gasteiger partial charge in [-0.1, -0.05) is 29.3 Å². The number of carbonyl (C=O) groups is 1. The molecule has 0 aromatic heterocycles. The summed E-state index contributed by atoms with van der Waals surface area (Å²) in [6.45, 7) is 1.98. The Morgan fingerprint density at radius 3 is 2.68 bits per heavy atom. The van der Waals surface area contributed by atoms with Gasteiger partial charge >= 0.3 is 0 Å². The first-order chi connectivity index (χ1) is 10.5. The summed E-state index contributed by atoms with van der Waals surface area (Å²) in [5.74, 6) is -0.192. The van der Waals surface area contributed by atoms with Gasteiger partial charge in [-0.25, -0.2) is 0 Å². The largest absolute Gasteiger partial charge is 0.322 e. The Morgan fingerprint density at radius 2 is 1.91 bits per heavy atom. The van der Waals surface area contributed by atoms with Crippen LogP contribution < -0.4 is 5.32 Å². The second-order valence-electron chi connectivity index (χ2n) is 5.55. The molecule has 0 saturated heterocycles. The Hall–Kier alpha value is -1.55. The monoisotopic (exact) mass is 334 g/mol. The summed E-state index contributed by atoms with van der Waals surface area (Å²) < 4.78 is 0. The van der Waals surface area contributed by atoms with Crippen molar-refractivity contribution in [1.82, 2.24) is 4.90 Å². The van der Waals surface area contributed by atoms with Crippen molar-refractivity contribution in [3.05, 3.63) is 63.1 Å². The minimum absolute atomic E-state index is 0.192. The molecule has 3 rings (SSSR count). The van der Waals surface area contributed by atoms with E-state index in [2.05, 4.69) is 23.3 Å². The average molecular weight is 335 g/mol. The van der Waals surface area contributed by atoms with Gasteiger partial charge in [0.05, 0.1) is 10.0 Å². The number of hydrogen-bond donors (Lipinski definition) is 1. The van der Waals surface area contributed by atoms with Crippen molar-refractivity contribution < 1.29 is 4.79 Å². The molecule has 1 aliphatic rings. The highest BCUT2D eigenvalue weighted by Gasteiger charge is 2.14. The van der Waals surface area contributed by atoms with Crippen molar-refractivity contribution in [3.8, 4) is 0 Å². The second kappa shape index (κ2) is 6.29. The topological polar surface area (TPSA) is 32.3 Å². The highest BCUT2D eigenvalue weighted by molar-refractivity contribution is 6.42. The molecule has 1 N–H and O–H groups in total. The fourth-order valence-corrected chi connectivity index (χ4v) is 2.91. The van der Waals surface area contributed by atoms with E-state index in [4.69, 9.17) is 23.2 Å². The van der Waals surface area contributed by atoms with E-state index in [1.807, 2.05) is 12.1 Å². The van der Waals surface area contributed by atoms with Crippen LogP contribution in [0.25, 0.3) is 0 Å². The molecule has 0 fully saturated rings. The van der Waals surface area contributed by atoms with Gasteiger partial charge in [0.2, 0.25) is 0 Å². The zero-order valence-electron chi connectivity index (χ0n) is 12.2. The molecule has 1 aliphatic heterocycles. The molecule has 0 spiro atoms. The molecular formula is C17H16Cl2N2O. The number of hydrogen-bond acceptors (Lipinski definition) is 2. The summed E-state index contributed by atoms with van der Waals surface area (Å²) in [4.78, 5) is 14.6. The molecule has 0 aliphatic carbocycles. The van der Waals surface area contributed by atoms with Crippen LogP contribution in [0.2, 0.25) is 10.0 Å². The lowest BCUT2D eigenvalue weighted by atomic mass is 9.99. The number of fused-ring (bicyclic) bond motifs is 1. The first-order valence-electron chi connectivity index (χ1n) is 7.09. The predicted octanol–water partition coefficient (Wildman–Crippen LogP) is 4.23. The quantitative estimate of drug-likeness (QED) is 0.891. The predicted molar refractivity (Wildman–Crippen MR) is 90.9 cm³/mol. The second-order valence-corrected chi connectivity index (χ2v) is 6.37. The number of benzene rings is 2. The summed E-state index contributed by atoms with van der Waals surface area (Å²) in [6.07, 6.45) is 1.05. The normalized spacial score (nSPS) is 14.5. The minimum atomic E-state index is -0.192. The van der Waals surface area contributed by atoms with Crippen molar-refractivity contribution in [1.29, 1.82) is 0 Å². The van der Waals surface area contributed by atoms with Crippen molar-refractivity contribution >= 4 is 34.8 Å². The number of anilines is 1. The molecule has 2 aromatic rings. The van der Waals surface area contributed by atoms with Crippen LogP contribution >= 0.6 is 23.2 Å². The third-order valence-electron chi connectivity index (χ3n) is 3.85. The highest BCUT2D eigenvalue weighted by Crippen LogP contribution is 2.24. The van der Waals surface area contributed by atoms with Crippen LogP contribution in [0.4, 0.5) is 5.69 Å². The molecule has 2 aromatic carbocycles. The molecule has 22 heavy (non-hydrogen) atoms. The molecule has 1 heterocycles. The van der Waals surface area contributed by atoms with Crippen LogP contribution in [-0.4, -0.2) is 24.4 Å². The van der Waals surface area contributed by atoms with E-state index < -0.39 is 0 Å². The lowest BCUT2D eigenvalue weighted by Gasteiger charge is -2.25. The first kappa shape index (κ1) is 15.3. The molecule has 3 nitrogen and oxygen atoms in total. The van der Waals surface area contributed by atoms with E-state index in [0.29, 0.717) is 15.6 Å². The van der Waals surface area contributed by atoms with Gasteiger partial charge < -0.3 is 10.2 Å².